The van der Waals surface area contributed by atoms with Gasteiger partial charge in [0, 0.05) is 12.1 Å². The molecule has 1 aromatic heterocycles. The molecule has 0 radical (unpaired) electrons. The molecule has 0 aliphatic carbocycles. The summed E-state index contributed by atoms with van der Waals surface area (Å²) >= 11 is 0. The topological polar surface area (TPSA) is 57.6 Å². The second-order valence-corrected chi connectivity index (χ2v) is 3.64. The van der Waals surface area contributed by atoms with Gasteiger partial charge < -0.3 is 14.2 Å². The zero-order valence-corrected chi connectivity index (χ0v) is 10.6. The lowest BCUT2D eigenvalue weighted by Gasteiger charge is -2.07. The second-order valence-electron chi connectivity index (χ2n) is 3.64. The van der Waals surface area contributed by atoms with Crippen molar-refractivity contribution in [1.29, 1.82) is 0 Å². The van der Waals surface area contributed by atoms with E-state index in [4.69, 9.17) is 14.2 Å². The molecule has 0 spiro atoms. The highest BCUT2D eigenvalue weighted by Gasteiger charge is 2.11. The van der Waals surface area contributed by atoms with E-state index in [1.54, 1.807) is 30.3 Å². The first-order valence-corrected chi connectivity index (χ1v) is 5.60. The molecule has 1 aromatic carbocycles. The Labute approximate surface area is 110 Å². The maximum absolute atomic E-state index is 11.9. The lowest BCUT2D eigenvalue weighted by atomic mass is 10.2. The molecule has 5 nitrogen and oxygen atoms in total. The number of ether oxygens (including phenoxy) is 3. The van der Waals surface area contributed by atoms with E-state index in [0.717, 1.165) is 0 Å². The standard InChI is InChI=1S/C14H13NO4/c1-17-11-8-12(18-2)15-13(9-11)19-14(16)10-6-4-3-5-7-10/h3-9H,1-2H3. The van der Waals surface area contributed by atoms with Crippen LogP contribution in [0.4, 0.5) is 0 Å². The van der Waals surface area contributed by atoms with Crippen LogP contribution in [0.5, 0.6) is 17.5 Å². The highest BCUT2D eigenvalue weighted by atomic mass is 16.5. The number of esters is 1. The lowest BCUT2D eigenvalue weighted by Crippen LogP contribution is -2.09. The number of rotatable bonds is 4. The van der Waals surface area contributed by atoms with Crippen LogP contribution in [0.1, 0.15) is 10.4 Å². The number of carbonyl (C=O) groups is 1. The minimum Gasteiger partial charge on any atom is -0.496 e. The predicted octanol–water partition coefficient (Wildman–Crippen LogP) is 2.32. The summed E-state index contributed by atoms with van der Waals surface area (Å²) in [5.41, 5.74) is 0.450. The monoisotopic (exact) mass is 259 g/mol. The van der Waals surface area contributed by atoms with E-state index in [1.165, 1.54) is 20.3 Å². The predicted molar refractivity (Wildman–Crippen MR) is 68.7 cm³/mol. The van der Waals surface area contributed by atoms with E-state index < -0.39 is 5.97 Å². The van der Waals surface area contributed by atoms with Crippen LogP contribution in [0, 0.1) is 0 Å². The number of aromatic nitrogens is 1. The van der Waals surface area contributed by atoms with Crippen molar-refractivity contribution in [3.05, 3.63) is 48.0 Å². The molecule has 0 atom stereocenters. The SMILES string of the molecule is COc1cc(OC)nc(OC(=O)c2ccccc2)c1. The summed E-state index contributed by atoms with van der Waals surface area (Å²) < 4.78 is 15.3. The number of pyridine rings is 1. The fourth-order valence-corrected chi connectivity index (χ4v) is 1.46. The average Bonchev–Trinajstić information content (AvgIpc) is 2.47. The van der Waals surface area contributed by atoms with Gasteiger partial charge in [-0.05, 0) is 12.1 Å². The molecule has 2 rings (SSSR count). The number of hydrogen-bond acceptors (Lipinski definition) is 5. The molecule has 98 valence electrons. The van der Waals surface area contributed by atoms with Crippen LogP contribution in [-0.2, 0) is 0 Å². The minimum atomic E-state index is -0.483. The first kappa shape index (κ1) is 12.9. The van der Waals surface area contributed by atoms with Crippen molar-refractivity contribution >= 4 is 5.97 Å². The molecule has 1 heterocycles. The Morgan fingerprint density at radius 3 is 2.32 bits per heavy atom. The maximum Gasteiger partial charge on any atom is 0.344 e. The van der Waals surface area contributed by atoms with Crippen LogP contribution in [0.2, 0.25) is 0 Å². The number of benzene rings is 1. The Kier molecular flexibility index (Phi) is 3.97. The fourth-order valence-electron chi connectivity index (χ4n) is 1.46. The first-order valence-electron chi connectivity index (χ1n) is 5.60. The highest BCUT2D eigenvalue weighted by molar-refractivity contribution is 5.90. The van der Waals surface area contributed by atoms with E-state index in [1.807, 2.05) is 6.07 Å². The van der Waals surface area contributed by atoms with Crippen LogP contribution in [0.15, 0.2) is 42.5 Å². The lowest BCUT2D eigenvalue weighted by molar-refractivity contribution is 0.0726. The van der Waals surface area contributed by atoms with Crippen molar-refractivity contribution in [2.24, 2.45) is 0 Å². The molecule has 0 amide bonds. The third-order valence-electron chi connectivity index (χ3n) is 2.40. The van der Waals surface area contributed by atoms with Gasteiger partial charge in [-0.15, -0.1) is 0 Å². The van der Waals surface area contributed by atoms with Crippen molar-refractivity contribution in [2.45, 2.75) is 0 Å². The molecule has 0 fully saturated rings. The zero-order valence-electron chi connectivity index (χ0n) is 10.6. The van der Waals surface area contributed by atoms with Crippen LogP contribution >= 0.6 is 0 Å². The number of carbonyl (C=O) groups excluding carboxylic acids is 1. The van der Waals surface area contributed by atoms with E-state index in [-0.39, 0.29) is 5.88 Å². The van der Waals surface area contributed by atoms with E-state index in [0.29, 0.717) is 17.2 Å². The zero-order chi connectivity index (χ0) is 13.7. The number of nitrogens with zero attached hydrogens (tertiary/aromatic N) is 1. The number of hydrogen-bond donors (Lipinski definition) is 0. The summed E-state index contributed by atoms with van der Waals surface area (Å²) in [5.74, 6) is 0.464. The summed E-state index contributed by atoms with van der Waals surface area (Å²) in [7, 11) is 2.99. The molecule has 19 heavy (non-hydrogen) atoms. The molecule has 0 N–H and O–H groups in total. The van der Waals surface area contributed by atoms with Crippen molar-refractivity contribution in [3.8, 4) is 17.5 Å². The molecular weight excluding hydrogens is 246 g/mol. The van der Waals surface area contributed by atoms with Crippen molar-refractivity contribution < 1.29 is 19.0 Å². The van der Waals surface area contributed by atoms with Crippen LogP contribution in [0.25, 0.3) is 0 Å². The maximum atomic E-state index is 11.9. The van der Waals surface area contributed by atoms with Gasteiger partial charge in [0.05, 0.1) is 19.8 Å². The van der Waals surface area contributed by atoms with Crippen molar-refractivity contribution in [3.63, 3.8) is 0 Å². The molecule has 0 bridgehead atoms. The first-order chi connectivity index (χ1) is 9.22. The van der Waals surface area contributed by atoms with Crippen molar-refractivity contribution in [1.82, 2.24) is 4.98 Å². The Morgan fingerprint density at radius 2 is 1.68 bits per heavy atom. The van der Waals surface area contributed by atoms with E-state index in [9.17, 15) is 4.79 Å². The Balaban J connectivity index is 2.21. The molecule has 0 aliphatic rings. The van der Waals surface area contributed by atoms with Gasteiger partial charge in [0.2, 0.25) is 11.8 Å². The molecule has 0 saturated carbocycles. The van der Waals surface area contributed by atoms with Gasteiger partial charge in [0.25, 0.3) is 0 Å². The average molecular weight is 259 g/mol. The van der Waals surface area contributed by atoms with Gasteiger partial charge >= 0.3 is 5.97 Å². The molecule has 5 heteroatoms. The quantitative estimate of drug-likeness (QED) is 0.789. The van der Waals surface area contributed by atoms with Gasteiger partial charge in [-0.1, -0.05) is 18.2 Å². The normalized spacial score (nSPS) is 9.79. The molecule has 0 unspecified atom stereocenters. The van der Waals surface area contributed by atoms with Gasteiger partial charge in [-0.25, -0.2) is 4.79 Å². The van der Waals surface area contributed by atoms with Crippen molar-refractivity contribution in [2.75, 3.05) is 14.2 Å². The Hall–Kier alpha value is -2.56. The summed E-state index contributed by atoms with van der Waals surface area (Å²) in [5, 5.41) is 0. The second kappa shape index (κ2) is 5.86. The third-order valence-corrected chi connectivity index (χ3v) is 2.40. The number of methoxy groups -OCH3 is 2. The molecular formula is C14H13NO4. The summed E-state index contributed by atoms with van der Waals surface area (Å²) in [6.07, 6.45) is 0. The minimum absolute atomic E-state index is 0.130. The van der Waals surface area contributed by atoms with E-state index >= 15 is 0 Å². The van der Waals surface area contributed by atoms with Gasteiger partial charge in [-0.2, -0.15) is 4.98 Å². The highest BCUT2D eigenvalue weighted by Crippen LogP contribution is 2.23. The Morgan fingerprint density at radius 1 is 1.00 bits per heavy atom. The largest absolute Gasteiger partial charge is 0.496 e. The summed E-state index contributed by atoms with van der Waals surface area (Å²) in [4.78, 5) is 15.9. The Bertz CT molecular complexity index is 547. The van der Waals surface area contributed by atoms with Crippen LogP contribution < -0.4 is 14.2 Å². The third kappa shape index (κ3) is 3.22. The van der Waals surface area contributed by atoms with Crippen LogP contribution in [0.3, 0.4) is 0 Å². The van der Waals surface area contributed by atoms with Gasteiger partial charge in [0.15, 0.2) is 0 Å². The van der Waals surface area contributed by atoms with Gasteiger partial charge in [-0.3, -0.25) is 0 Å². The molecule has 0 aliphatic heterocycles. The van der Waals surface area contributed by atoms with E-state index in [2.05, 4.69) is 4.98 Å². The molecule has 0 saturated heterocycles. The fraction of sp³-hybridized carbons (Fsp3) is 0.143. The summed E-state index contributed by atoms with van der Waals surface area (Å²) in [6.45, 7) is 0. The van der Waals surface area contributed by atoms with Crippen LogP contribution in [-0.4, -0.2) is 25.2 Å². The smallest absolute Gasteiger partial charge is 0.344 e. The summed E-state index contributed by atoms with van der Waals surface area (Å²) in [6, 6.07) is 11.8. The van der Waals surface area contributed by atoms with Gasteiger partial charge in [0.1, 0.15) is 5.75 Å². The molecule has 2 aromatic rings.